The molecule has 0 fully saturated rings. The van der Waals surface area contributed by atoms with E-state index in [9.17, 15) is 14.9 Å². The van der Waals surface area contributed by atoms with Crippen molar-refractivity contribution >= 4 is 17.4 Å². The summed E-state index contributed by atoms with van der Waals surface area (Å²) in [6.45, 7) is 7.87. The number of benzene rings is 2. The van der Waals surface area contributed by atoms with Crippen molar-refractivity contribution in [2.24, 2.45) is 11.1 Å². The molecule has 0 saturated carbocycles. The smallest absolute Gasteiger partial charge is 0.262 e. The molecule has 2 aromatic rings. The number of anilines is 1. The van der Waals surface area contributed by atoms with E-state index in [2.05, 4.69) is 11.4 Å². The summed E-state index contributed by atoms with van der Waals surface area (Å²) in [4.78, 5) is 25.4. The highest BCUT2D eigenvalue weighted by Crippen LogP contribution is 2.47. The molecule has 0 aromatic heterocycles. The highest BCUT2D eigenvalue weighted by atomic mass is 16.5. The van der Waals surface area contributed by atoms with Gasteiger partial charge in [0.2, 0.25) is 5.88 Å². The number of hydrogen-bond acceptors (Lipinski definition) is 6. The molecule has 1 heterocycles. The van der Waals surface area contributed by atoms with Gasteiger partial charge in [-0.15, -0.1) is 0 Å². The second-order valence-electron chi connectivity index (χ2n) is 9.91. The Hall–Kier alpha value is -4.05. The van der Waals surface area contributed by atoms with E-state index in [1.54, 1.807) is 24.3 Å². The van der Waals surface area contributed by atoms with Crippen molar-refractivity contribution in [2.75, 3.05) is 11.9 Å². The maximum absolute atomic E-state index is 13.1. The minimum Gasteiger partial charge on any atom is -0.484 e. The van der Waals surface area contributed by atoms with Crippen LogP contribution in [0, 0.1) is 30.6 Å². The number of ketones is 1. The van der Waals surface area contributed by atoms with Gasteiger partial charge < -0.3 is 20.5 Å². The topological polar surface area (TPSA) is 114 Å². The molecule has 7 heteroatoms. The van der Waals surface area contributed by atoms with Crippen LogP contribution in [0.2, 0.25) is 0 Å². The fourth-order valence-corrected chi connectivity index (χ4v) is 4.54. The van der Waals surface area contributed by atoms with Crippen molar-refractivity contribution in [1.82, 2.24) is 0 Å². The summed E-state index contributed by atoms with van der Waals surface area (Å²) in [6.07, 6.45) is 0.946. The number of rotatable bonds is 5. The lowest BCUT2D eigenvalue weighted by molar-refractivity contribution is -0.119. The minimum atomic E-state index is -0.588. The minimum absolute atomic E-state index is 0.0325. The molecule has 1 unspecified atom stereocenters. The molecule has 3 N–H and O–H groups in total. The third-order valence-corrected chi connectivity index (χ3v) is 6.45. The van der Waals surface area contributed by atoms with Gasteiger partial charge >= 0.3 is 0 Å². The number of carbonyl (C=O) groups is 2. The summed E-state index contributed by atoms with van der Waals surface area (Å²) in [7, 11) is 0. The second-order valence-corrected chi connectivity index (χ2v) is 9.91. The van der Waals surface area contributed by atoms with Crippen LogP contribution in [-0.2, 0) is 14.3 Å². The van der Waals surface area contributed by atoms with Crippen molar-refractivity contribution < 1.29 is 19.1 Å². The number of nitrogens with one attached hydrogen (secondary N) is 1. The van der Waals surface area contributed by atoms with E-state index in [1.165, 1.54) is 0 Å². The van der Waals surface area contributed by atoms with Crippen LogP contribution in [0.25, 0.3) is 0 Å². The quantitative estimate of drug-likeness (QED) is 0.649. The lowest BCUT2D eigenvalue weighted by Gasteiger charge is -2.37. The first kappa shape index (κ1) is 24.1. The van der Waals surface area contributed by atoms with Gasteiger partial charge in [-0.05, 0) is 60.2 Å². The molecule has 1 atom stereocenters. The number of hydrogen-bond donors (Lipinski definition) is 2. The molecule has 4 rings (SSSR count). The Bertz CT molecular complexity index is 1300. The summed E-state index contributed by atoms with van der Waals surface area (Å²) in [6, 6.07) is 14.9. The average Bonchev–Trinajstić information content (AvgIpc) is 2.79. The van der Waals surface area contributed by atoms with E-state index in [-0.39, 0.29) is 35.2 Å². The molecule has 7 nitrogen and oxygen atoms in total. The Labute approximate surface area is 205 Å². The fraction of sp³-hybridized carbons (Fsp3) is 0.321. The zero-order chi connectivity index (χ0) is 25.3. The van der Waals surface area contributed by atoms with Crippen LogP contribution in [-0.4, -0.2) is 18.3 Å². The number of allylic oxidation sites excluding steroid dienone is 3. The molecular formula is C28H29N3O4. The van der Waals surface area contributed by atoms with Crippen LogP contribution in [0.1, 0.15) is 49.3 Å². The second kappa shape index (κ2) is 9.30. The van der Waals surface area contributed by atoms with Crippen LogP contribution in [0.3, 0.4) is 0 Å². The molecule has 0 bridgehead atoms. The van der Waals surface area contributed by atoms with Gasteiger partial charge in [-0.2, -0.15) is 5.26 Å². The first-order chi connectivity index (χ1) is 16.6. The molecule has 0 spiro atoms. The molecule has 0 radical (unpaired) electrons. The monoisotopic (exact) mass is 471 g/mol. The van der Waals surface area contributed by atoms with Crippen LogP contribution in [0.15, 0.2) is 65.3 Å². The highest BCUT2D eigenvalue weighted by molar-refractivity contribution is 6.00. The molecule has 1 aliphatic heterocycles. The Kier molecular flexibility index (Phi) is 6.40. The van der Waals surface area contributed by atoms with E-state index < -0.39 is 5.92 Å². The van der Waals surface area contributed by atoms with Gasteiger partial charge in [-0.1, -0.05) is 32.0 Å². The Balaban J connectivity index is 1.50. The van der Waals surface area contributed by atoms with Gasteiger partial charge in [0.15, 0.2) is 12.4 Å². The number of nitriles is 1. The van der Waals surface area contributed by atoms with Gasteiger partial charge in [0.05, 0.1) is 5.92 Å². The number of carbonyl (C=O) groups excluding carboxylic acids is 2. The molecule has 0 saturated heterocycles. The van der Waals surface area contributed by atoms with Crippen LogP contribution < -0.4 is 15.8 Å². The lowest BCUT2D eigenvalue weighted by atomic mass is 9.70. The SMILES string of the molecule is Cc1ccc(NC(=O)COc2ccc(C3C(C#N)=C(N)OC4=C3C(=O)CC(C)(C)C4)cc2)cc1C. The predicted molar refractivity (Wildman–Crippen MR) is 132 cm³/mol. The Morgan fingerprint density at radius 3 is 2.54 bits per heavy atom. The molecule has 1 amide bonds. The van der Waals surface area contributed by atoms with Gasteiger partial charge in [-0.25, -0.2) is 0 Å². The summed E-state index contributed by atoms with van der Waals surface area (Å²) in [5.74, 6) is 0.173. The molecule has 180 valence electrons. The standard InChI is InChI=1S/C28H29N3O4/c1-16-5-8-19(11-17(16)2)31-24(33)15-34-20-9-6-18(7-10-20)25-21(14-29)27(30)35-23-13-28(3,4)12-22(32)26(23)25/h5-11,25H,12-13,15,30H2,1-4H3,(H,31,33). The van der Waals surface area contributed by atoms with E-state index in [0.717, 1.165) is 22.4 Å². The zero-order valence-corrected chi connectivity index (χ0v) is 20.4. The Morgan fingerprint density at radius 2 is 1.89 bits per heavy atom. The average molecular weight is 472 g/mol. The number of Topliss-reactive ketones (excluding diaryl/α,β-unsaturated/α-hetero) is 1. The molecule has 2 aliphatic rings. The summed E-state index contributed by atoms with van der Waals surface area (Å²) in [5.41, 5.74) is 10.3. The molecule has 35 heavy (non-hydrogen) atoms. The summed E-state index contributed by atoms with van der Waals surface area (Å²) < 4.78 is 11.4. The van der Waals surface area contributed by atoms with Gasteiger partial charge in [0.1, 0.15) is 23.2 Å². The predicted octanol–water partition coefficient (Wildman–Crippen LogP) is 4.77. The van der Waals surface area contributed by atoms with Crippen LogP contribution in [0.4, 0.5) is 5.69 Å². The lowest BCUT2D eigenvalue weighted by Crippen LogP contribution is -2.33. The largest absolute Gasteiger partial charge is 0.484 e. The maximum Gasteiger partial charge on any atom is 0.262 e. The molecule has 2 aromatic carbocycles. The highest BCUT2D eigenvalue weighted by Gasteiger charge is 2.42. The first-order valence-electron chi connectivity index (χ1n) is 11.5. The van der Waals surface area contributed by atoms with Crippen molar-refractivity contribution in [1.29, 1.82) is 5.26 Å². The number of amides is 1. The fourth-order valence-electron chi connectivity index (χ4n) is 4.54. The van der Waals surface area contributed by atoms with E-state index >= 15 is 0 Å². The van der Waals surface area contributed by atoms with Gasteiger partial charge in [0, 0.05) is 24.1 Å². The third-order valence-electron chi connectivity index (χ3n) is 6.45. The number of aryl methyl sites for hydroxylation is 2. The van der Waals surface area contributed by atoms with E-state index in [4.69, 9.17) is 15.2 Å². The molecular weight excluding hydrogens is 442 g/mol. The zero-order valence-electron chi connectivity index (χ0n) is 20.4. The number of nitrogens with two attached hydrogens (primary N) is 1. The van der Waals surface area contributed by atoms with E-state index in [1.807, 2.05) is 45.9 Å². The van der Waals surface area contributed by atoms with Crippen LogP contribution >= 0.6 is 0 Å². The maximum atomic E-state index is 13.1. The number of ether oxygens (including phenoxy) is 2. The van der Waals surface area contributed by atoms with Gasteiger partial charge in [0.25, 0.3) is 5.91 Å². The van der Waals surface area contributed by atoms with Crippen molar-refractivity contribution in [3.63, 3.8) is 0 Å². The van der Waals surface area contributed by atoms with E-state index in [0.29, 0.717) is 29.9 Å². The first-order valence-corrected chi connectivity index (χ1v) is 11.5. The van der Waals surface area contributed by atoms with Crippen LogP contribution in [0.5, 0.6) is 5.75 Å². The Morgan fingerprint density at radius 1 is 1.17 bits per heavy atom. The summed E-state index contributed by atoms with van der Waals surface area (Å²) in [5, 5.41) is 12.6. The van der Waals surface area contributed by atoms with Crippen molar-refractivity contribution in [3.05, 3.63) is 81.9 Å². The van der Waals surface area contributed by atoms with Crippen molar-refractivity contribution in [2.45, 2.75) is 46.5 Å². The normalized spacial score (nSPS) is 18.9. The molecule has 1 aliphatic carbocycles. The summed E-state index contributed by atoms with van der Waals surface area (Å²) >= 11 is 0. The van der Waals surface area contributed by atoms with Crippen molar-refractivity contribution in [3.8, 4) is 11.8 Å². The van der Waals surface area contributed by atoms with Gasteiger partial charge in [-0.3, -0.25) is 9.59 Å². The third kappa shape index (κ3) is 5.07. The number of nitrogens with zero attached hydrogens (tertiary/aromatic N) is 1.